The van der Waals surface area contributed by atoms with Crippen LogP contribution >= 0.6 is 15.6 Å². The zero-order valence-corrected chi connectivity index (χ0v) is 43.1. The third kappa shape index (κ3) is 29.1. The Bertz CT molecular complexity index is 1940. The number of carbonyl (C=O) groups excluding carboxylic acids is 2. The van der Waals surface area contributed by atoms with Crippen LogP contribution in [0, 0.1) is 5.92 Å². The molecule has 2 heterocycles. The first-order valence-electron chi connectivity index (χ1n) is 24.8. The van der Waals surface area contributed by atoms with Crippen molar-refractivity contribution in [2.75, 3.05) is 25.6 Å². The van der Waals surface area contributed by atoms with Crippen molar-refractivity contribution in [1.29, 1.82) is 0 Å². The normalized spacial score (nSPS) is 20.7. The van der Waals surface area contributed by atoms with Gasteiger partial charge in [0.1, 0.15) is 30.7 Å². The van der Waals surface area contributed by atoms with Crippen molar-refractivity contribution in [2.24, 2.45) is 5.92 Å². The summed E-state index contributed by atoms with van der Waals surface area (Å²) in [6.07, 6.45) is 29.5. The number of nitrogen functional groups attached to an aromatic ring is 1. The molecule has 0 amide bonds. The molecule has 0 aromatic carbocycles. The van der Waals surface area contributed by atoms with Crippen molar-refractivity contribution in [3.63, 3.8) is 0 Å². The third-order valence-corrected chi connectivity index (χ3v) is 13.8. The number of rotatable bonds is 39. The highest BCUT2D eigenvalue weighted by Gasteiger charge is 2.46. The molecule has 9 atom stereocenters. The minimum Gasteiger partial charge on any atom is -0.462 e. The molecule has 19 nitrogen and oxygen atoms in total. The van der Waals surface area contributed by atoms with Crippen LogP contribution in [0.5, 0.6) is 0 Å². The third-order valence-electron chi connectivity index (χ3n) is 11.2. The molecule has 0 aliphatic carbocycles. The lowest BCUT2D eigenvalue weighted by atomic mass is 9.99. The second-order valence-corrected chi connectivity index (χ2v) is 20.4. The summed E-state index contributed by atoms with van der Waals surface area (Å²) in [5.41, 5.74) is 4.57. The molecule has 0 bridgehead atoms. The van der Waals surface area contributed by atoms with Crippen molar-refractivity contribution >= 4 is 33.4 Å². The van der Waals surface area contributed by atoms with Gasteiger partial charge >= 0.3 is 33.3 Å². The van der Waals surface area contributed by atoms with E-state index in [9.17, 15) is 48.6 Å². The molecule has 21 heteroatoms. The van der Waals surface area contributed by atoms with Gasteiger partial charge in [0.25, 0.3) is 0 Å². The summed E-state index contributed by atoms with van der Waals surface area (Å²) in [5.74, 6) is -0.600. The summed E-state index contributed by atoms with van der Waals surface area (Å²) >= 11 is 0. The van der Waals surface area contributed by atoms with E-state index in [2.05, 4.69) is 23.1 Å². The summed E-state index contributed by atoms with van der Waals surface area (Å²) in [7, 11) is -10.9. The monoisotopic (exact) mass is 1030 g/mol. The van der Waals surface area contributed by atoms with Crippen LogP contribution in [0.15, 0.2) is 77.8 Å². The molecule has 0 radical (unpaired) electrons. The minimum atomic E-state index is -5.44. The number of ether oxygens (including phenoxy) is 3. The Balaban J connectivity index is 1.85. The van der Waals surface area contributed by atoms with Gasteiger partial charge in [-0.3, -0.25) is 23.2 Å². The van der Waals surface area contributed by atoms with Gasteiger partial charge in [-0.15, -0.1) is 0 Å². The van der Waals surface area contributed by atoms with Crippen molar-refractivity contribution in [3.8, 4) is 0 Å². The topological polar surface area (TPSA) is 286 Å². The van der Waals surface area contributed by atoms with Crippen LogP contribution in [-0.2, 0) is 46.3 Å². The molecule has 398 valence electrons. The van der Waals surface area contributed by atoms with Gasteiger partial charge in [-0.2, -0.15) is 9.29 Å². The van der Waals surface area contributed by atoms with Crippen molar-refractivity contribution in [3.05, 3.63) is 83.5 Å². The molecule has 1 aliphatic rings. The predicted molar refractivity (Wildman–Crippen MR) is 267 cm³/mol. The van der Waals surface area contributed by atoms with E-state index in [1.54, 1.807) is 6.08 Å². The summed E-state index contributed by atoms with van der Waals surface area (Å²) in [5, 5.41) is 30.7. The largest absolute Gasteiger partial charge is 0.481 e. The number of nitrogens with two attached hydrogens (primary N) is 1. The fourth-order valence-electron chi connectivity index (χ4n) is 6.99. The van der Waals surface area contributed by atoms with E-state index in [-0.39, 0.29) is 18.7 Å². The lowest BCUT2D eigenvalue weighted by molar-refractivity contribution is -0.161. The zero-order valence-electron chi connectivity index (χ0n) is 41.3. The molecule has 1 saturated heterocycles. The van der Waals surface area contributed by atoms with Crippen LogP contribution in [-0.4, -0.2) is 96.9 Å². The van der Waals surface area contributed by atoms with E-state index in [0.717, 1.165) is 55.2 Å². The number of unbranched alkanes of at least 4 members (excludes halogenated alkanes) is 10. The Morgan fingerprint density at radius 2 is 1.43 bits per heavy atom. The summed E-state index contributed by atoms with van der Waals surface area (Å²) in [4.78, 5) is 61.8. The quantitative estimate of drug-likeness (QED) is 0.0118. The van der Waals surface area contributed by atoms with Gasteiger partial charge in [-0.05, 0) is 56.9 Å². The number of hydrogen-bond acceptors (Lipinski definition) is 16. The molecule has 0 spiro atoms. The SMILES string of the molecule is CC/C=C\C(O)C/C=C/C=C\C/C=C\C/C=C\CCCC(=O)O[C@H](COC(=O)CCCCCCCCCCCCC(C)CC)COP(=O)(O)OP(=O)(O)OC[C@H]1O[C@@H](n2ccc(N)nc2=O)[C@H](O)[C@@H]1O. The maximum absolute atomic E-state index is 12.8. The molecular weight excluding hydrogens is 948 g/mol. The first-order valence-corrected chi connectivity index (χ1v) is 27.8. The average molecular weight is 1030 g/mol. The fourth-order valence-corrected chi connectivity index (χ4v) is 9.10. The van der Waals surface area contributed by atoms with E-state index in [0.29, 0.717) is 32.1 Å². The molecule has 4 unspecified atom stereocenters. The Morgan fingerprint density at radius 3 is 2.10 bits per heavy atom. The number of esters is 2. The molecule has 1 aliphatic heterocycles. The highest BCUT2D eigenvalue weighted by Crippen LogP contribution is 2.60. The number of aliphatic hydroxyl groups is 3. The second kappa shape index (κ2) is 36.4. The zero-order chi connectivity index (χ0) is 51.6. The van der Waals surface area contributed by atoms with Gasteiger partial charge in [0.05, 0.1) is 19.3 Å². The smallest absolute Gasteiger partial charge is 0.462 e. The first kappa shape index (κ1) is 62.5. The number of phosphoric acid groups is 2. The van der Waals surface area contributed by atoms with Crippen molar-refractivity contribution in [1.82, 2.24) is 9.55 Å². The maximum Gasteiger partial charge on any atom is 0.481 e. The fraction of sp³-hybridized carbons (Fsp3) is 0.673. The number of hydrogen-bond donors (Lipinski definition) is 6. The van der Waals surface area contributed by atoms with Gasteiger partial charge in [0.2, 0.25) is 0 Å². The number of aromatic nitrogens is 2. The van der Waals surface area contributed by atoms with Crippen LogP contribution in [0.3, 0.4) is 0 Å². The van der Waals surface area contributed by atoms with Crippen LogP contribution in [0.1, 0.15) is 155 Å². The van der Waals surface area contributed by atoms with Gasteiger partial charge < -0.3 is 45.1 Å². The van der Waals surface area contributed by atoms with Crippen molar-refractivity contribution < 1.29 is 71.4 Å². The molecule has 7 N–H and O–H groups in total. The Morgan fingerprint density at radius 1 is 0.814 bits per heavy atom. The Kier molecular flexibility index (Phi) is 32.5. The van der Waals surface area contributed by atoms with Crippen LogP contribution in [0.2, 0.25) is 0 Å². The lowest BCUT2D eigenvalue weighted by Gasteiger charge is -2.21. The first-order chi connectivity index (χ1) is 33.5. The lowest BCUT2D eigenvalue weighted by Crippen LogP contribution is -2.36. The molecule has 2 rings (SSSR count). The Labute approximate surface area is 414 Å². The van der Waals surface area contributed by atoms with Crippen LogP contribution < -0.4 is 11.4 Å². The highest BCUT2D eigenvalue weighted by atomic mass is 31.3. The number of phosphoric ester groups is 2. The highest BCUT2D eigenvalue weighted by molar-refractivity contribution is 7.61. The van der Waals surface area contributed by atoms with Crippen LogP contribution in [0.4, 0.5) is 5.82 Å². The molecule has 70 heavy (non-hydrogen) atoms. The van der Waals surface area contributed by atoms with Gasteiger partial charge in [-0.1, -0.05) is 152 Å². The summed E-state index contributed by atoms with van der Waals surface area (Å²) in [6.45, 7) is 4.16. The van der Waals surface area contributed by atoms with E-state index in [4.69, 9.17) is 29.0 Å². The van der Waals surface area contributed by atoms with E-state index in [1.807, 2.05) is 61.6 Å². The molecule has 0 saturated carbocycles. The van der Waals surface area contributed by atoms with Gasteiger partial charge in [0, 0.05) is 19.0 Å². The number of aliphatic hydroxyl groups excluding tert-OH is 3. The van der Waals surface area contributed by atoms with E-state index in [1.165, 1.54) is 51.0 Å². The average Bonchev–Trinajstić information content (AvgIpc) is 3.59. The summed E-state index contributed by atoms with van der Waals surface area (Å²) in [6, 6.07) is 1.24. The number of carbonyl (C=O) groups is 2. The molecular formula is C49H81N3O16P2. The predicted octanol–water partition coefficient (Wildman–Crippen LogP) is 8.77. The molecule has 1 aromatic rings. The second-order valence-electron chi connectivity index (χ2n) is 17.4. The van der Waals surface area contributed by atoms with Gasteiger partial charge in [0.15, 0.2) is 12.3 Å². The molecule has 1 fully saturated rings. The Hall–Kier alpha value is -3.58. The van der Waals surface area contributed by atoms with Gasteiger partial charge in [-0.25, -0.2) is 13.9 Å². The van der Waals surface area contributed by atoms with Crippen molar-refractivity contribution in [2.45, 2.75) is 186 Å². The summed E-state index contributed by atoms with van der Waals surface area (Å²) < 4.78 is 56.6. The minimum absolute atomic E-state index is 0.0474. The number of anilines is 1. The standard InChI is InChI=1S/C49H81N3O16P2/c1-4-6-30-40(53)31-26-22-18-14-9-7-8-10-16-20-24-28-33-45(55)66-41(36-63-44(54)32-27-23-19-15-12-11-13-17-21-25-29-39(3)5-2)37-64-69(59,60)68-70(61,62)65-38-42-46(56)47(57)48(67-42)52-35-34-43(50)51-49(52)58/h6-8,14,16,18,20,22,26,30,34-35,39-42,46-48,53,56-57H,4-5,9-13,15,17,19,21,23-25,27-29,31-33,36-38H2,1-3H3,(H,59,60)(H,61,62)(H2,50,51,58)/b8-7-,18-14-,20-16-,26-22+,30-6-/t39?,40?,41-,42-,46-,47-,48-/m1/s1. The van der Waals surface area contributed by atoms with Crippen LogP contribution in [0.25, 0.3) is 0 Å². The van der Waals surface area contributed by atoms with E-state index < -0.39 is 89.8 Å². The van der Waals surface area contributed by atoms with E-state index >= 15 is 0 Å². The number of allylic oxidation sites excluding steroid dienone is 8. The molecule has 1 aromatic heterocycles. The maximum atomic E-state index is 12.8. The number of nitrogens with zero attached hydrogens (tertiary/aromatic N) is 2.